The Hall–Kier alpha value is -0.120. The molecule has 0 unspecified atom stereocenters. The van der Waals surface area contributed by atoms with Crippen molar-refractivity contribution in [1.29, 1.82) is 0 Å². The topological polar surface area (TPSA) is 32.5 Å². The van der Waals surface area contributed by atoms with Crippen LogP contribution in [0.1, 0.15) is 39.0 Å². The first kappa shape index (κ1) is 13.3. The smallest absolute Gasteiger partial charge is 0.000654 e. The molecule has 0 aromatic heterocycles. The van der Waals surface area contributed by atoms with Crippen molar-refractivity contribution < 1.29 is 0 Å². The second-order valence-corrected chi connectivity index (χ2v) is 6.26. The maximum atomic E-state index is 5.84. The van der Waals surface area contributed by atoms with Gasteiger partial charge in [-0.3, -0.25) is 0 Å². The number of rotatable bonds is 5. The van der Waals surface area contributed by atoms with Crippen molar-refractivity contribution in [3.63, 3.8) is 0 Å². The van der Waals surface area contributed by atoms with Gasteiger partial charge in [0.25, 0.3) is 0 Å². The van der Waals surface area contributed by atoms with Crippen molar-refractivity contribution in [2.75, 3.05) is 45.8 Å². The first-order chi connectivity index (χ1) is 8.22. The molecule has 3 heteroatoms. The molecule has 0 radical (unpaired) electrons. The summed E-state index contributed by atoms with van der Waals surface area (Å²) in [5.41, 5.74) is 6.26. The molecule has 0 aromatic rings. The third-order valence-corrected chi connectivity index (χ3v) is 4.70. The third-order valence-electron chi connectivity index (χ3n) is 4.70. The molecule has 17 heavy (non-hydrogen) atoms. The van der Waals surface area contributed by atoms with E-state index in [0.717, 1.165) is 6.54 Å². The van der Waals surface area contributed by atoms with Gasteiger partial charge in [0, 0.05) is 0 Å². The molecule has 0 spiro atoms. The molecule has 2 fully saturated rings. The minimum atomic E-state index is 0.422. The van der Waals surface area contributed by atoms with Gasteiger partial charge in [0.15, 0.2) is 0 Å². The van der Waals surface area contributed by atoms with Gasteiger partial charge in [-0.05, 0) is 83.3 Å². The molecular weight excluding hydrogens is 210 g/mol. The van der Waals surface area contributed by atoms with E-state index in [4.69, 9.17) is 5.73 Å². The fourth-order valence-corrected chi connectivity index (χ4v) is 3.04. The van der Waals surface area contributed by atoms with Crippen LogP contribution in [-0.4, -0.2) is 55.6 Å². The second kappa shape index (κ2) is 6.17. The highest BCUT2D eigenvalue weighted by Crippen LogP contribution is 2.29. The average molecular weight is 239 g/mol. The van der Waals surface area contributed by atoms with Crippen molar-refractivity contribution in [1.82, 2.24) is 9.80 Å². The summed E-state index contributed by atoms with van der Waals surface area (Å²) >= 11 is 0. The molecule has 2 heterocycles. The first-order valence-electron chi connectivity index (χ1n) is 7.37. The molecule has 0 atom stereocenters. The Kier molecular flexibility index (Phi) is 4.83. The summed E-state index contributed by atoms with van der Waals surface area (Å²) in [7, 11) is 0. The highest BCUT2D eigenvalue weighted by molar-refractivity contribution is 4.83. The average Bonchev–Trinajstić information content (AvgIpc) is 2.85. The molecule has 2 aliphatic rings. The van der Waals surface area contributed by atoms with E-state index in [2.05, 4.69) is 16.7 Å². The Morgan fingerprint density at radius 2 is 1.47 bits per heavy atom. The van der Waals surface area contributed by atoms with E-state index in [1.165, 1.54) is 71.4 Å². The summed E-state index contributed by atoms with van der Waals surface area (Å²) in [5.74, 6) is 0. The minimum Gasteiger partial charge on any atom is -0.330 e. The van der Waals surface area contributed by atoms with Gasteiger partial charge >= 0.3 is 0 Å². The van der Waals surface area contributed by atoms with Crippen molar-refractivity contribution in [2.45, 2.75) is 39.0 Å². The second-order valence-electron chi connectivity index (χ2n) is 6.26. The number of hydrogen-bond acceptors (Lipinski definition) is 3. The molecule has 100 valence electrons. The van der Waals surface area contributed by atoms with Gasteiger partial charge in [0.2, 0.25) is 0 Å². The normalized spacial score (nSPS) is 26.5. The Labute approximate surface area is 106 Å². The highest BCUT2D eigenvalue weighted by Gasteiger charge is 2.28. The lowest BCUT2D eigenvalue weighted by molar-refractivity contribution is 0.120. The number of nitrogens with zero attached hydrogens (tertiary/aromatic N) is 2. The largest absolute Gasteiger partial charge is 0.330 e. The van der Waals surface area contributed by atoms with Crippen molar-refractivity contribution in [3.05, 3.63) is 0 Å². The number of nitrogens with two attached hydrogens (primary N) is 1. The van der Waals surface area contributed by atoms with Gasteiger partial charge in [-0.1, -0.05) is 6.92 Å². The lowest BCUT2D eigenvalue weighted by atomic mass is 9.80. The summed E-state index contributed by atoms with van der Waals surface area (Å²) in [4.78, 5) is 5.25. The maximum Gasteiger partial charge on any atom is -0.000654 e. The van der Waals surface area contributed by atoms with Crippen molar-refractivity contribution in [2.24, 2.45) is 11.1 Å². The van der Waals surface area contributed by atoms with Gasteiger partial charge in [-0.2, -0.15) is 0 Å². The zero-order chi connectivity index (χ0) is 12.1. The van der Waals surface area contributed by atoms with E-state index in [1.807, 2.05) is 0 Å². The number of likely N-dealkylation sites (tertiary alicyclic amines) is 2. The summed E-state index contributed by atoms with van der Waals surface area (Å²) in [5, 5.41) is 0. The molecular formula is C14H29N3. The SMILES string of the molecule is CC1(CN)CCN(CCCN2CCCC2)CC1. The van der Waals surface area contributed by atoms with Gasteiger partial charge in [0.05, 0.1) is 0 Å². The zero-order valence-corrected chi connectivity index (χ0v) is 11.5. The van der Waals surface area contributed by atoms with Gasteiger partial charge in [-0.25, -0.2) is 0 Å². The van der Waals surface area contributed by atoms with Crippen LogP contribution in [0.2, 0.25) is 0 Å². The van der Waals surface area contributed by atoms with E-state index < -0.39 is 0 Å². The van der Waals surface area contributed by atoms with E-state index in [9.17, 15) is 0 Å². The van der Waals surface area contributed by atoms with Gasteiger partial charge in [-0.15, -0.1) is 0 Å². The van der Waals surface area contributed by atoms with Crippen molar-refractivity contribution >= 4 is 0 Å². The molecule has 2 saturated heterocycles. The molecule has 2 rings (SSSR count). The molecule has 0 aromatic carbocycles. The van der Waals surface area contributed by atoms with Gasteiger partial charge in [0.1, 0.15) is 0 Å². The molecule has 0 bridgehead atoms. The quantitative estimate of drug-likeness (QED) is 0.790. The monoisotopic (exact) mass is 239 g/mol. The third kappa shape index (κ3) is 3.94. The Bertz CT molecular complexity index is 216. The first-order valence-corrected chi connectivity index (χ1v) is 7.37. The zero-order valence-electron chi connectivity index (χ0n) is 11.5. The summed E-state index contributed by atoms with van der Waals surface area (Å²) in [6, 6.07) is 0. The van der Waals surface area contributed by atoms with E-state index >= 15 is 0 Å². The van der Waals surface area contributed by atoms with Crippen LogP contribution in [0.4, 0.5) is 0 Å². The number of hydrogen-bond donors (Lipinski definition) is 1. The summed E-state index contributed by atoms with van der Waals surface area (Å²) < 4.78 is 0. The molecule has 0 amide bonds. The van der Waals surface area contributed by atoms with E-state index in [-0.39, 0.29) is 0 Å². The Morgan fingerprint density at radius 3 is 2.00 bits per heavy atom. The molecule has 0 saturated carbocycles. The number of piperidine rings is 1. The molecule has 3 nitrogen and oxygen atoms in total. The van der Waals surface area contributed by atoms with Crippen LogP contribution in [0.5, 0.6) is 0 Å². The summed E-state index contributed by atoms with van der Waals surface area (Å²) in [6.07, 6.45) is 6.75. The molecule has 2 N–H and O–H groups in total. The minimum absolute atomic E-state index is 0.422. The Balaban J connectivity index is 1.58. The predicted molar refractivity (Wildman–Crippen MR) is 73.1 cm³/mol. The van der Waals surface area contributed by atoms with Gasteiger partial charge < -0.3 is 15.5 Å². The Morgan fingerprint density at radius 1 is 0.941 bits per heavy atom. The maximum absolute atomic E-state index is 5.84. The fraction of sp³-hybridized carbons (Fsp3) is 1.00. The van der Waals surface area contributed by atoms with E-state index in [1.54, 1.807) is 0 Å². The van der Waals surface area contributed by atoms with Crippen LogP contribution in [0.15, 0.2) is 0 Å². The summed E-state index contributed by atoms with van der Waals surface area (Å²) in [6.45, 7) is 11.0. The standard InChI is InChI=1S/C14H29N3/c1-14(13-15)5-11-17(12-6-14)10-4-9-16-7-2-3-8-16/h2-13,15H2,1H3. The van der Waals surface area contributed by atoms with E-state index in [0.29, 0.717) is 5.41 Å². The van der Waals surface area contributed by atoms with Crippen LogP contribution in [0, 0.1) is 5.41 Å². The van der Waals surface area contributed by atoms with Crippen LogP contribution in [-0.2, 0) is 0 Å². The highest BCUT2D eigenvalue weighted by atomic mass is 15.2. The predicted octanol–water partition coefficient (Wildman–Crippen LogP) is 1.53. The van der Waals surface area contributed by atoms with Crippen LogP contribution < -0.4 is 5.73 Å². The van der Waals surface area contributed by atoms with Crippen molar-refractivity contribution in [3.8, 4) is 0 Å². The van der Waals surface area contributed by atoms with Crippen LogP contribution >= 0.6 is 0 Å². The molecule has 2 aliphatic heterocycles. The lowest BCUT2D eigenvalue weighted by Crippen LogP contribution is -2.42. The fourth-order valence-electron chi connectivity index (χ4n) is 3.04. The molecule has 0 aliphatic carbocycles. The lowest BCUT2D eigenvalue weighted by Gasteiger charge is -2.38. The van der Waals surface area contributed by atoms with Crippen LogP contribution in [0.25, 0.3) is 0 Å². The van der Waals surface area contributed by atoms with Crippen LogP contribution in [0.3, 0.4) is 0 Å².